The number of aromatic nitrogens is 1. The van der Waals surface area contributed by atoms with Crippen molar-refractivity contribution >= 4 is 5.91 Å². The van der Waals surface area contributed by atoms with E-state index in [9.17, 15) is 4.79 Å². The number of nitrogens with zero attached hydrogens (tertiary/aromatic N) is 2. The van der Waals surface area contributed by atoms with Crippen LogP contribution >= 0.6 is 0 Å². The van der Waals surface area contributed by atoms with Crippen LogP contribution in [0.3, 0.4) is 0 Å². The van der Waals surface area contributed by atoms with Crippen LogP contribution in [0.4, 0.5) is 0 Å². The number of likely N-dealkylation sites (tertiary alicyclic amines) is 1. The highest BCUT2D eigenvalue weighted by molar-refractivity contribution is 5.92. The minimum absolute atomic E-state index is 0.0744. The second-order valence-corrected chi connectivity index (χ2v) is 6.79. The van der Waals surface area contributed by atoms with Crippen molar-refractivity contribution in [2.24, 2.45) is 5.92 Å². The average molecular weight is 319 g/mol. The van der Waals surface area contributed by atoms with Crippen LogP contribution in [-0.2, 0) is 6.61 Å². The molecule has 1 amide bonds. The third-order valence-corrected chi connectivity index (χ3v) is 4.35. The van der Waals surface area contributed by atoms with Gasteiger partial charge in [-0.2, -0.15) is 0 Å². The Morgan fingerprint density at radius 2 is 2.30 bits per heavy atom. The SMILES string of the molecule is CC(C)CN1CCCC[C@@H]1CCNC(=O)c1cc(CO)ccn1. The first-order valence-electron chi connectivity index (χ1n) is 8.68. The maximum absolute atomic E-state index is 12.1. The molecule has 0 aliphatic carbocycles. The van der Waals surface area contributed by atoms with Gasteiger partial charge >= 0.3 is 0 Å². The lowest BCUT2D eigenvalue weighted by atomic mass is 9.98. The summed E-state index contributed by atoms with van der Waals surface area (Å²) in [6.07, 6.45) is 6.34. The van der Waals surface area contributed by atoms with Gasteiger partial charge in [-0.3, -0.25) is 9.78 Å². The van der Waals surface area contributed by atoms with Crippen molar-refractivity contribution in [1.29, 1.82) is 0 Å². The van der Waals surface area contributed by atoms with E-state index in [2.05, 4.69) is 29.0 Å². The Kier molecular flexibility index (Phi) is 6.99. The predicted molar refractivity (Wildman–Crippen MR) is 91.2 cm³/mol. The molecule has 23 heavy (non-hydrogen) atoms. The maximum atomic E-state index is 12.1. The topological polar surface area (TPSA) is 65.5 Å². The van der Waals surface area contributed by atoms with Gasteiger partial charge in [-0.05, 0) is 49.4 Å². The number of piperidine rings is 1. The third kappa shape index (κ3) is 5.59. The van der Waals surface area contributed by atoms with Gasteiger partial charge in [0.15, 0.2) is 0 Å². The summed E-state index contributed by atoms with van der Waals surface area (Å²) in [6, 6.07) is 3.92. The highest BCUT2D eigenvalue weighted by atomic mass is 16.3. The molecule has 5 heteroatoms. The number of hydrogen-bond acceptors (Lipinski definition) is 4. The first kappa shape index (κ1) is 17.9. The highest BCUT2D eigenvalue weighted by Gasteiger charge is 2.22. The van der Waals surface area contributed by atoms with Gasteiger partial charge in [0, 0.05) is 25.3 Å². The van der Waals surface area contributed by atoms with Crippen molar-refractivity contribution in [2.45, 2.75) is 52.2 Å². The monoisotopic (exact) mass is 319 g/mol. The average Bonchev–Trinajstić information content (AvgIpc) is 2.56. The van der Waals surface area contributed by atoms with Crippen LogP contribution in [0.15, 0.2) is 18.3 Å². The minimum atomic E-state index is -0.161. The smallest absolute Gasteiger partial charge is 0.269 e. The molecule has 1 saturated heterocycles. The standard InChI is InChI=1S/C18H29N3O2/c1-14(2)12-21-10-4-3-5-16(21)7-9-20-18(23)17-11-15(13-22)6-8-19-17/h6,8,11,14,16,22H,3-5,7,9-10,12-13H2,1-2H3,(H,20,23)/t16-/m1/s1. The molecule has 5 nitrogen and oxygen atoms in total. The predicted octanol–water partition coefficient (Wildman–Crippen LogP) is 2.20. The van der Waals surface area contributed by atoms with Crippen LogP contribution in [0.25, 0.3) is 0 Å². The Labute approximate surface area is 139 Å². The Morgan fingerprint density at radius 1 is 1.48 bits per heavy atom. The summed E-state index contributed by atoms with van der Waals surface area (Å²) >= 11 is 0. The molecule has 1 atom stereocenters. The van der Waals surface area contributed by atoms with E-state index in [0.717, 1.165) is 13.0 Å². The van der Waals surface area contributed by atoms with E-state index in [0.29, 0.717) is 29.8 Å². The summed E-state index contributed by atoms with van der Waals surface area (Å²) in [5.74, 6) is 0.516. The molecule has 0 unspecified atom stereocenters. The van der Waals surface area contributed by atoms with E-state index in [1.807, 2.05) is 0 Å². The minimum Gasteiger partial charge on any atom is -0.392 e. The molecule has 128 valence electrons. The molecule has 1 aliphatic rings. The lowest BCUT2D eigenvalue weighted by Crippen LogP contribution is -2.43. The molecule has 1 fully saturated rings. The van der Waals surface area contributed by atoms with Crippen LogP contribution in [0, 0.1) is 5.92 Å². The van der Waals surface area contributed by atoms with Crippen molar-refractivity contribution in [3.8, 4) is 0 Å². The number of nitrogens with one attached hydrogen (secondary N) is 1. The lowest BCUT2D eigenvalue weighted by molar-refractivity contribution is 0.0929. The zero-order valence-electron chi connectivity index (χ0n) is 14.3. The van der Waals surface area contributed by atoms with Crippen molar-refractivity contribution < 1.29 is 9.90 Å². The van der Waals surface area contributed by atoms with Crippen LogP contribution < -0.4 is 5.32 Å². The summed E-state index contributed by atoms with van der Waals surface area (Å²) in [5, 5.41) is 12.1. The van der Waals surface area contributed by atoms with E-state index < -0.39 is 0 Å². The normalized spacial score (nSPS) is 19.0. The molecular weight excluding hydrogens is 290 g/mol. The van der Waals surface area contributed by atoms with Crippen LogP contribution in [-0.4, -0.2) is 46.6 Å². The maximum Gasteiger partial charge on any atom is 0.269 e. The van der Waals surface area contributed by atoms with Crippen molar-refractivity contribution in [3.63, 3.8) is 0 Å². The lowest BCUT2D eigenvalue weighted by Gasteiger charge is -2.37. The van der Waals surface area contributed by atoms with Gasteiger partial charge in [-0.25, -0.2) is 0 Å². The molecular formula is C18H29N3O2. The summed E-state index contributed by atoms with van der Waals surface area (Å²) in [6.45, 7) is 7.42. The highest BCUT2D eigenvalue weighted by Crippen LogP contribution is 2.20. The van der Waals surface area contributed by atoms with E-state index >= 15 is 0 Å². The number of pyridine rings is 1. The fraction of sp³-hybridized carbons (Fsp3) is 0.667. The third-order valence-electron chi connectivity index (χ3n) is 4.35. The van der Waals surface area contributed by atoms with E-state index in [1.54, 1.807) is 18.3 Å². The van der Waals surface area contributed by atoms with Gasteiger partial charge in [0.05, 0.1) is 6.61 Å². The summed E-state index contributed by atoms with van der Waals surface area (Å²) in [5.41, 5.74) is 1.08. The van der Waals surface area contributed by atoms with Gasteiger partial charge in [0.2, 0.25) is 0 Å². The largest absolute Gasteiger partial charge is 0.392 e. The van der Waals surface area contributed by atoms with E-state index in [4.69, 9.17) is 5.11 Å². The first-order valence-corrected chi connectivity index (χ1v) is 8.68. The Bertz CT molecular complexity index is 505. The number of rotatable bonds is 7. The molecule has 2 heterocycles. The Morgan fingerprint density at radius 3 is 3.04 bits per heavy atom. The van der Waals surface area contributed by atoms with Gasteiger partial charge in [-0.15, -0.1) is 0 Å². The molecule has 0 bridgehead atoms. The molecule has 2 rings (SSSR count). The number of aliphatic hydroxyl groups excluding tert-OH is 1. The molecule has 0 aromatic carbocycles. The van der Waals surface area contributed by atoms with Crippen LogP contribution in [0.5, 0.6) is 0 Å². The van der Waals surface area contributed by atoms with E-state index in [-0.39, 0.29) is 12.5 Å². The molecule has 1 aromatic heterocycles. The Balaban J connectivity index is 1.81. The number of carbonyl (C=O) groups is 1. The summed E-state index contributed by atoms with van der Waals surface area (Å²) < 4.78 is 0. The fourth-order valence-electron chi connectivity index (χ4n) is 3.24. The molecule has 0 spiro atoms. The van der Waals surface area contributed by atoms with E-state index in [1.165, 1.54) is 25.8 Å². The van der Waals surface area contributed by atoms with Crippen LogP contribution in [0.1, 0.15) is 55.6 Å². The first-order chi connectivity index (χ1) is 11.1. The van der Waals surface area contributed by atoms with Gasteiger partial charge in [0.25, 0.3) is 5.91 Å². The number of hydrogen-bond donors (Lipinski definition) is 2. The number of aliphatic hydroxyl groups is 1. The molecule has 1 aliphatic heterocycles. The molecule has 1 aromatic rings. The number of carbonyl (C=O) groups excluding carboxylic acids is 1. The zero-order valence-corrected chi connectivity index (χ0v) is 14.3. The summed E-state index contributed by atoms with van der Waals surface area (Å²) in [7, 11) is 0. The van der Waals surface area contributed by atoms with Crippen molar-refractivity contribution in [3.05, 3.63) is 29.6 Å². The zero-order chi connectivity index (χ0) is 16.7. The van der Waals surface area contributed by atoms with Crippen molar-refractivity contribution in [1.82, 2.24) is 15.2 Å². The summed E-state index contributed by atoms with van der Waals surface area (Å²) in [4.78, 5) is 18.8. The fourth-order valence-corrected chi connectivity index (χ4v) is 3.24. The molecule has 2 N–H and O–H groups in total. The van der Waals surface area contributed by atoms with Gasteiger partial charge in [0.1, 0.15) is 5.69 Å². The Hall–Kier alpha value is -1.46. The molecule has 0 saturated carbocycles. The number of amides is 1. The van der Waals surface area contributed by atoms with Gasteiger partial charge in [-0.1, -0.05) is 20.3 Å². The second kappa shape index (κ2) is 8.99. The molecule has 0 radical (unpaired) electrons. The van der Waals surface area contributed by atoms with Crippen LogP contribution in [0.2, 0.25) is 0 Å². The second-order valence-electron chi connectivity index (χ2n) is 6.79. The van der Waals surface area contributed by atoms with Crippen molar-refractivity contribution in [2.75, 3.05) is 19.6 Å². The quantitative estimate of drug-likeness (QED) is 0.809. The van der Waals surface area contributed by atoms with Gasteiger partial charge < -0.3 is 15.3 Å².